The molecule has 0 saturated heterocycles. The SMILES string of the molecule is CC(=O)Nc1sc2c(c1C(=O)OC(C)C(=O)Nc1ccc(Cl)cc1Cl)CCCC2. The van der Waals surface area contributed by atoms with Crippen LogP contribution in [0.1, 0.15) is 47.5 Å². The molecule has 1 aromatic carbocycles. The molecular weight excluding hydrogens is 435 g/mol. The minimum absolute atomic E-state index is 0.263. The number of hydrogen-bond acceptors (Lipinski definition) is 5. The molecule has 0 saturated carbocycles. The van der Waals surface area contributed by atoms with Gasteiger partial charge in [-0.15, -0.1) is 11.3 Å². The summed E-state index contributed by atoms with van der Waals surface area (Å²) < 4.78 is 5.42. The molecule has 2 amide bonds. The van der Waals surface area contributed by atoms with Crippen molar-refractivity contribution in [2.24, 2.45) is 0 Å². The third-order valence-corrected chi connectivity index (χ3v) is 6.26. The number of nitrogens with one attached hydrogen (secondary N) is 2. The molecule has 0 fully saturated rings. The zero-order valence-electron chi connectivity index (χ0n) is 15.9. The van der Waals surface area contributed by atoms with Gasteiger partial charge in [-0.05, 0) is 56.4 Å². The van der Waals surface area contributed by atoms with Crippen LogP contribution in [0.25, 0.3) is 0 Å². The fourth-order valence-electron chi connectivity index (χ4n) is 3.13. The van der Waals surface area contributed by atoms with Crippen LogP contribution in [-0.2, 0) is 27.2 Å². The molecule has 9 heteroatoms. The number of ether oxygens (including phenoxy) is 1. The van der Waals surface area contributed by atoms with Gasteiger partial charge in [-0.25, -0.2) is 4.79 Å². The number of benzene rings is 1. The van der Waals surface area contributed by atoms with E-state index in [0.717, 1.165) is 36.1 Å². The van der Waals surface area contributed by atoms with Crippen molar-refractivity contribution < 1.29 is 19.1 Å². The maximum atomic E-state index is 12.9. The summed E-state index contributed by atoms with van der Waals surface area (Å²) in [5.41, 5.74) is 1.63. The summed E-state index contributed by atoms with van der Waals surface area (Å²) in [6.45, 7) is 2.87. The number of halogens is 2. The van der Waals surface area contributed by atoms with Crippen molar-refractivity contribution in [3.63, 3.8) is 0 Å². The summed E-state index contributed by atoms with van der Waals surface area (Å²) in [6, 6.07) is 4.67. The maximum absolute atomic E-state index is 12.9. The Kier molecular flexibility index (Phi) is 6.82. The Morgan fingerprint density at radius 1 is 1.14 bits per heavy atom. The lowest BCUT2D eigenvalue weighted by molar-refractivity contribution is -0.123. The van der Waals surface area contributed by atoms with E-state index in [1.54, 1.807) is 12.1 Å². The summed E-state index contributed by atoms with van der Waals surface area (Å²) in [5.74, 6) is -1.41. The molecule has 0 spiro atoms. The first-order chi connectivity index (χ1) is 13.8. The van der Waals surface area contributed by atoms with Crippen LogP contribution >= 0.6 is 34.5 Å². The molecule has 6 nitrogen and oxygen atoms in total. The van der Waals surface area contributed by atoms with E-state index >= 15 is 0 Å². The Morgan fingerprint density at radius 3 is 2.55 bits per heavy atom. The quantitative estimate of drug-likeness (QED) is 0.617. The number of amides is 2. The highest BCUT2D eigenvalue weighted by molar-refractivity contribution is 7.17. The molecule has 2 aromatic rings. The van der Waals surface area contributed by atoms with E-state index in [0.29, 0.717) is 21.3 Å². The van der Waals surface area contributed by atoms with Gasteiger partial charge in [-0.3, -0.25) is 9.59 Å². The fourth-order valence-corrected chi connectivity index (χ4v) is 4.91. The second-order valence-corrected chi connectivity index (χ2v) is 8.71. The maximum Gasteiger partial charge on any atom is 0.342 e. The van der Waals surface area contributed by atoms with Crippen LogP contribution in [0.15, 0.2) is 18.2 Å². The average molecular weight is 455 g/mol. The molecule has 154 valence electrons. The minimum Gasteiger partial charge on any atom is -0.449 e. The van der Waals surface area contributed by atoms with Gasteiger partial charge in [0, 0.05) is 16.8 Å². The van der Waals surface area contributed by atoms with E-state index < -0.39 is 18.0 Å². The average Bonchev–Trinajstić information content (AvgIpc) is 3.00. The van der Waals surface area contributed by atoms with Crippen molar-refractivity contribution in [2.75, 3.05) is 10.6 Å². The molecule has 1 heterocycles. The summed E-state index contributed by atoms with van der Waals surface area (Å²) in [4.78, 5) is 38.0. The number of carbonyl (C=O) groups excluding carboxylic acids is 3. The normalized spacial score (nSPS) is 13.9. The van der Waals surface area contributed by atoms with Crippen LogP contribution in [0, 0.1) is 0 Å². The summed E-state index contributed by atoms with van der Waals surface area (Å²) in [5, 5.41) is 6.54. The number of thiophene rings is 1. The van der Waals surface area contributed by atoms with E-state index in [4.69, 9.17) is 27.9 Å². The second kappa shape index (κ2) is 9.15. The number of anilines is 2. The Hall–Kier alpha value is -2.09. The third kappa shape index (κ3) is 5.10. The smallest absolute Gasteiger partial charge is 0.342 e. The van der Waals surface area contributed by atoms with Crippen LogP contribution in [0.3, 0.4) is 0 Å². The van der Waals surface area contributed by atoms with Crippen LogP contribution in [0.5, 0.6) is 0 Å². The first-order valence-electron chi connectivity index (χ1n) is 9.15. The molecule has 3 rings (SSSR count). The monoisotopic (exact) mass is 454 g/mol. The molecule has 0 bridgehead atoms. The van der Waals surface area contributed by atoms with Gasteiger partial charge in [0.25, 0.3) is 5.91 Å². The fraction of sp³-hybridized carbons (Fsp3) is 0.350. The van der Waals surface area contributed by atoms with Gasteiger partial charge in [0.05, 0.1) is 16.3 Å². The highest BCUT2D eigenvalue weighted by Crippen LogP contribution is 2.38. The lowest BCUT2D eigenvalue weighted by Crippen LogP contribution is -2.30. The van der Waals surface area contributed by atoms with Crippen molar-refractivity contribution in [3.05, 3.63) is 44.2 Å². The van der Waals surface area contributed by atoms with E-state index in [1.165, 1.54) is 31.3 Å². The standard InChI is InChI=1S/C20H20Cl2N2O4S/c1-10(18(26)24-15-8-7-12(21)9-14(15)22)28-20(27)17-13-5-3-4-6-16(13)29-19(17)23-11(2)25/h7-10H,3-6H2,1-2H3,(H,23,25)(H,24,26). The first-order valence-corrected chi connectivity index (χ1v) is 10.7. The van der Waals surface area contributed by atoms with Crippen LogP contribution in [-0.4, -0.2) is 23.9 Å². The molecular formula is C20H20Cl2N2O4S. The number of esters is 1. The van der Waals surface area contributed by atoms with Gasteiger partial charge in [-0.1, -0.05) is 23.2 Å². The number of hydrogen-bond donors (Lipinski definition) is 2. The van der Waals surface area contributed by atoms with Gasteiger partial charge in [0.2, 0.25) is 5.91 Å². The highest BCUT2D eigenvalue weighted by atomic mass is 35.5. The summed E-state index contributed by atoms with van der Waals surface area (Å²) in [7, 11) is 0. The highest BCUT2D eigenvalue weighted by Gasteiger charge is 2.29. The van der Waals surface area contributed by atoms with Crippen LogP contribution in [0.2, 0.25) is 10.0 Å². The van der Waals surface area contributed by atoms with E-state index in [9.17, 15) is 14.4 Å². The van der Waals surface area contributed by atoms with Crippen molar-refractivity contribution in [1.29, 1.82) is 0 Å². The van der Waals surface area contributed by atoms with Gasteiger partial charge in [-0.2, -0.15) is 0 Å². The number of fused-ring (bicyclic) bond motifs is 1. The topological polar surface area (TPSA) is 84.5 Å². The zero-order chi connectivity index (χ0) is 21.1. The van der Waals surface area contributed by atoms with Gasteiger partial charge >= 0.3 is 5.97 Å². The minimum atomic E-state index is -1.06. The summed E-state index contributed by atoms with van der Waals surface area (Å²) >= 11 is 13.3. The van der Waals surface area contributed by atoms with E-state index in [-0.39, 0.29) is 10.9 Å². The third-order valence-electron chi connectivity index (χ3n) is 4.51. The molecule has 1 unspecified atom stereocenters. The Morgan fingerprint density at radius 2 is 1.86 bits per heavy atom. The van der Waals surface area contributed by atoms with E-state index in [2.05, 4.69) is 10.6 Å². The molecule has 0 aliphatic heterocycles. The van der Waals surface area contributed by atoms with Crippen LogP contribution in [0.4, 0.5) is 10.7 Å². The number of carbonyl (C=O) groups is 3. The predicted octanol–water partition coefficient (Wildman–Crippen LogP) is 5.08. The Labute approximate surface area is 182 Å². The van der Waals surface area contributed by atoms with Crippen LogP contribution < -0.4 is 10.6 Å². The molecule has 2 N–H and O–H groups in total. The van der Waals surface area contributed by atoms with Crippen molar-refractivity contribution in [3.8, 4) is 0 Å². The molecule has 1 aromatic heterocycles. The van der Waals surface area contributed by atoms with Crippen molar-refractivity contribution in [2.45, 2.75) is 45.6 Å². The van der Waals surface area contributed by atoms with Gasteiger partial charge < -0.3 is 15.4 Å². The Bertz CT molecular complexity index is 974. The van der Waals surface area contributed by atoms with Crippen molar-refractivity contribution >= 4 is 63.0 Å². The largest absolute Gasteiger partial charge is 0.449 e. The lowest BCUT2D eigenvalue weighted by atomic mass is 9.95. The van der Waals surface area contributed by atoms with Crippen molar-refractivity contribution in [1.82, 2.24) is 0 Å². The first kappa shape index (κ1) is 21.6. The second-order valence-electron chi connectivity index (χ2n) is 6.76. The van der Waals surface area contributed by atoms with Gasteiger partial charge in [0.15, 0.2) is 6.10 Å². The molecule has 1 aliphatic carbocycles. The van der Waals surface area contributed by atoms with Gasteiger partial charge in [0.1, 0.15) is 5.00 Å². The zero-order valence-corrected chi connectivity index (χ0v) is 18.3. The summed E-state index contributed by atoms with van der Waals surface area (Å²) in [6.07, 6.45) is 2.57. The molecule has 1 atom stereocenters. The molecule has 1 aliphatic rings. The number of aryl methyl sites for hydroxylation is 1. The molecule has 0 radical (unpaired) electrons. The Balaban J connectivity index is 1.76. The molecule has 29 heavy (non-hydrogen) atoms. The predicted molar refractivity (Wildman–Crippen MR) is 115 cm³/mol. The lowest BCUT2D eigenvalue weighted by Gasteiger charge is -2.16. The van der Waals surface area contributed by atoms with E-state index in [1.807, 2.05) is 0 Å². The number of rotatable bonds is 5.